The first-order chi connectivity index (χ1) is 11.0. The average molecular weight is 313 g/mol. The SMILES string of the molecule is CC[C@H](C)n1ncc2c(C(=O)Nc3cc(C)on3)cc(C)nc21. The van der Waals surface area contributed by atoms with Gasteiger partial charge in [-0.3, -0.25) is 4.79 Å². The number of rotatable bonds is 4. The normalized spacial score (nSPS) is 12.5. The molecule has 0 aromatic carbocycles. The van der Waals surface area contributed by atoms with Crippen molar-refractivity contribution in [2.75, 3.05) is 5.32 Å². The number of nitrogens with one attached hydrogen (secondary N) is 1. The number of fused-ring (bicyclic) bond motifs is 1. The van der Waals surface area contributed by atoms with Crippen molar-refractivity contribution in [1.29, 1.82) is 0 Å². The van der Waals surface area contributed by atoms with E-state index in [1.165, 1.54) is 0 Å². The molecule has 3 aromatic rings. The third-order valence-electron chi connectivity index (χ3n) is 3.82. The second-order valence-corrected chi connectivity index (χ2v) is 5.67. The largest absolute Gasteiger partial charge is 0.360 e. The maximum atomic E-state index is 12.6. The van der Waals surface area contributed by atoms with Crippen LogP contribution >= 0.6 is 0 Å². The number of nitrogens with zero attached hydrogens (tertiary/aromatic N) is 4. The number of anilines is 1. The predicted octanol–water partition coefficient (Wildman–Crippen LogP) is 3.26. The molecule has 1 N–H and O–H groups in total. The molecule has 3 rings (SSSR count). The van der Waals surface area contributed by atoms with Crippen LogP contribution in [-0.4, -0.2) is 25.8 Å². The van der Waals surface area contributed by atoms with E-state index in [0.717, 1.165) is 23.1 Å². The number of carbonyl (C=O) groups is 1. The standard InChI is InChI=1S/C16H19N5O2/c1-5-10(3)21-15-13(8-17-21)12(6-9(2)18-15)16(22)19-14-7-11(4)23-20-14/h6-8,10H,5H2,1-4H3,(H,19,20,22)/t10-/m0/s1. The number of aromatic nitrogens is 4. The zero-order chi connectivity index (χ0) is 16.6. The number of amides is 1. The molecule has 0 bridgehead atoms. The zero-order valence-electron chi connectivity index (χ0n) is 13.6. The van der Waals surface area contributed by atoms with E-state index in [-0.39, 0.29) is 11.9 Å². The van der Waals surface area contributed by atoms with Gasteiger partial charge in [-0.15, -0.1) is 0 Å². The van der Waals surface area contributed by atoms with Crippen molar-refractivity contribution in [2.24, 2.45) is 0 Å². The molecule has 1 amide bonds. The van der Waals surface area contributed by atoms with E-state index in [2.05, 4.69) is 34.4 Å². The smallest absolute Gasteiger partial charge is 0.257 e. The monoisotopic (exact) mass is 313 g/mol. The Balaban J connectivity index is 2.03. The minimum absolute atomic E-state index is 0.218. The maximum Gasteiger partial charge on any atom is 0.257 e. The quantitative estimate of drug-likeness (QED) is 0.799. The Bertz CT molecular complexity index is 865. The molecule has 0 saturated carbocycles. The summed E-state index contributed by atoms with van der Waals surface area (Å²) >= 11 is 0. The van der Waals surface area contributed by atoms with Crippen molar-refractivity contribution in [1.82, 2.24) is 19.9 Å². The van der Waals surface area contributed by atoms with Crippen molar-refractivity contribution in [2.45, 2.75) is 40.2 Å². The highest BCUT2D eigenvalue weighted by Gasteiger charge is 2.18. The summed E-state index contributed by atoms with van der Waals surface area (Å²) in [4.78, 5) is 17.1. The van der Waals surface area contributed by atoms with Gasteiger partial charge in [0.05, 0.1) is 23.2 Å². The summed E-state index contributed by atoms with van der Waals surface area (Å²) in [5, 5.41) is 11.7. The van der Waals surface area contributed by atoms with Crippen molar-refractivity contribution < 1.29 is 9.32 Å². The summed E-state index contributed by atoms with van der Waals surface area (Å²) in [6, 6.07) is 3.65. The van der Waals surface area contributed by atoms with Crippen molar-refractivity contribution in [3.05, 3.63) is 35.3 Å². The van der Waals surface area contributed by atoms with Gasteiger partial charge in [0.15, 0.2) is 11.5 Å². The van der Waals surface area contributed by atoms with Crippen LogP contribution in [0.15, 0.2) is 22.9 Å². The first-order valence-electron chi connectivity index (χ1n) is 7.59. The van der Waals surface area contributed by atoms with E-state index in [9.17, 15) is 4.79 Å². The second-order valence-electron chi connectivity index (χ2n) is 5.67. The Morgan fingerprint density at radius 3 is 2.83 bits per heavy atom. The summed E-state index contributed by atoms with van der Waals surface area (Å²) < 4.78 is 6.83. The van der Waals surface area contributed by atoms with Crippen molar-refractivity contribution in [3.8, 4) is 0 Å². The van der Waals surface area contributed by atoms with Gasteiger partial charge in [0, 0.05) is 11.8 Å². The Hall–Kier alpha value is -2.70. The van der Waals surface area contributed by atoms with Crippen LogP contribution in [0.25, 0.3) is 11.0 Å². The molecular weight excluding hydrogens is 294 g/mol. The summed E-state index contributed by atoms with van der Waals surface area (Å²) in [5.74, 6) is 0.780. The van der Waals surface area contributed by atoms with Crippen LogP contribution in [0, 0.1) is 13.8 Å². The van der Waals surface area contributed by atoms with Crippen LogP contribution < -0.4 is 5.32 Å². The van der Waals surface area contributed by atoms with Gasteiger partial charge < -0.3 is 9.84 Å². The lowest BCUT2D eigenvalue weighted by molar-refractivity contribution is 0.102. The summed E-state index contributed by atoms with van der Waals surface area (Å²) in [6.07, 6.45) is 2.63. The zero-order valence-corrected chi connectivity index (χ0v) is 13.6. The minimum Gasteiger partial charge on any atom is -0.360 e. The molecular formula is C16H19N5O2. The number of pyridine rings is 1. The fraction of sp³-hybridized carbons (Fsp3) is 0.375. The van der Waals surface area contributed by atoms with Crippen LogP contribution in [0.5, 0.6) is 0 Å². The molecule has 7 heteroatoms. The van der Waals surface area contributed by atoms with Gasteiger partial charge in [-0.1, -0.05) is 12.1 Å². The second kappa shape index (κ2) is 5.83. The van der Waals surface area contributed by atoms with Gasteiger partial charge >= 0.3 is 0 Å². The van der Waals surface area contributed by atoms with E-state index in [1.807, 2.05) is 11.6 Å². The molecule has 120 valence electrons. The van der Waals surface area contributed by atoms with Gasteiger partial charge in [0.2, 0.25) is 0 Å². The Morgan fingerprint density at radius 1 is 1.39 bits per heavy atom. The molecule has 3 heterocycles. The molecule has 23 heavy (non-hydrogen) atoms. The van der Waals surface area contributed by atoms with Crippen LogP contribution in [0.3, 0.4) is 0 Å². The number of aryl methyl sites for hydroxylation is 2. The lowest BCUT2D eigenvalue weighted by Gasteiger charge is -2.11. The van der Waals surface area contributed by atoms with E-state index < -0.39 is 0 Å². The Labute approximate surface area is 133 Å². The number of carbonyl (C=O) groups excluding carboxylic acids is 1. The molecule has 0 unspecified atom stereocenters. The molecule has 0 aliphatic rings. The van der Waals surface area contributed by atoms with Gasteiger partial charge in [0.25, 0.3) is 5.91 Å². The van der Waals surface area contributed by atoms with Gasteiger partial charge in [-0.2, -0.15) is 5.10 Å². The van der Waals surface area contributed by atoms with Gasteiger partial charge in [-0.05, 0) is 33.3 Å². The predicted molar refractivity (Wildman–Crippen MR) is 86.5 cm³/mol. The fourth-order valence-corrected chi connectivity index (χ4v) is 2.44. The molecule has 1 atom stereocenters. The highest BCUT2D eigenvalue weighted by molar-refractivity contribution is 6.11. The van der Waals surface area contributed by atoms with Gasteiger partial charge in [0.1, 0.15) is 5.76 Å². The highest BCUT2D eigenvalue weighted by atomic mass is 16.5. The molecule has 0 fully saturated rings. The summed E-state index contributed by atoms with van der Waals surface area (Å²) in [6.45, 7) is 7.81. The average Bonchev–Trinajstić information content (AvgIpc) is 3.11. The fourth-order valence-electron chi connectivity index (χ4n) is 2.44. The molecule has 0 aliphatic heterocycles. The van der Waals surface area contributed by atoms with Crippen molar-refractivity contribution >= 4 is 22.8 Å². The van der Waals surface area contributed by atoms with E-state index >= 15 is 0 Å². The Morgan fingerprint density at radius 2 is 2.17 bits per heavy atom. The molecule has 0 aliphatic carbocycles. The molecule has 0 radical (unpaired) electrons. The lowest BCUT2D eigenvalue weighted by Crippen LogP contribution is -2.14. The molecule has 7 nitrogen and oxygen atoms in total. The van der Waals surface area contributed by atoms with Gasteiger partial charge in [-0.25, -0.2) is 9.67 Å². The lowest BCUT2D eigenvalue weighted by atomic mass is 10.1. The van der Waals surface area contributed by atoms with Crippen LogP contribution in [-0.2, 0) is 0 Å². The summed E-state index contributed by atoms with van der Waals surface area (Å²) in [5.41, 5.74) is 2.02. The summed E-state index contributed by atoms with van der Waals surface area (Å²) in [7, 11) is 0. The van der Waals surface area contributed by atoms with E-state index in [0.29, 0.717) is 17.1 Å². The number of hydrogen-bond donors (Lipinski definition) is 1. The molecule has 3 aromatic heterocycles. The third kappa shape index (κ3) is 2.81. The maximum absolute atomic E-state index is 12.6. The van der Waals surface area contributed by atoms with E-state index in [4.69, 9.17) is 4.52 Å². The van der Waals surface area contributed by atoms with E-state index in [1.54, 1.807) is 25.3 Å². The highest BCUT2D eigenvalue weighted by Crippen LogP contribution is 2.23. The van der Waals surface area contributed by atoms with Crippen molar-refractivity contribution in [3.63, 3.8) is 0 Å². The number of hydrogen-bond acceptors (Lipinski definition) is 5. The topological polar surface area (TPSA) is 85.8 Å². The van der Waals surface area contributed by atoms with Crippen LogP contribution in [0.1, 0.15) is 48.1 Å². The Kier molecular flexibility index (Phi) is 3.85. The first-order valence-corrected chi connectivity index (χ1v) is 7.59. The molecule has 0 saturated heterocycles. The van der Waals surface area contributed by atoms with Crippen LogP contribution in [0.4, 0.5) is 5.82 Å². The van der Waals surface area contributed by atoms with Crippen LogP contribution in [0.2, 0.25) is 0 Å². The molecule has 0 spiro atoms. The minimum atomic E-state index is -0.252. The third-order valence-corrected chi connectivity index (χ3v) is 3.82. The first kappa shape index (κ1) is 15.2.